The van der Waals surface area contributed by atoms with Gasteiger partial charge in [0.2, 0.25) is 0 Å². The molecule has 1 unspecified atom stereocenters. The van der Waals surface area contributed by atoms with Crippen LogP contribution in [0.5, 0.6) is 0 Å². The number of hydrogen-bond donors (Lipinski definition) is 2. The van der Waals surface area contributed by atoms with Crippen LogP contribution in [0.4, 0.5) is 20.3 Å². The molecule has 2 heterocycles. The van der Waals surface area contributed by atoms with E-state index in [2.05, 4.69) is 20.6 Å². The highest BCUT2D eigenvalue weighted by molar-refractivity contribution is 5.80. The van der Waals surface area contributed by atoms with Crippen molar-refractivity contribution in [1.82, 2.24) is 15.6 Å². The topological polar surface area (TPSA) is 55.8 Å². The standard InChI is InChI=1S/C21H28F2N6/c1-24-21(26-12-6-13-28(2)19-9-4-3-7-17(19)22)27-16-10-14-29(15-16)20-18(23)8-5-11-25-20/h3-5,7-9,11,16H,6,10,12-15H2,1-2H3,(H2,24,26,27). The van der Waals surface area contributed by atoms with Gasteiger partial charge in [0.15, 0.2) is 17.6 Å². The van der Waals surface area contributed by atoms with E-state index in [4.69, 9.17) is 0 Å². The number of pyridine rings is 1. The molecule has 0 radical (unpaired) electrons. The maximum Gasteiger partial charge on any atom is 0.191 e. The fraction of sp³-hybridized carbons (Fsp3) is 0.429. The Morgan fingerprint density at radius 1 is 1.24 bits per heavy atom. The van der Waals surface area contributed by atoms with Gasteiger partial charge in [0.05, 0.1) is 5.69 Å². The van der Waals surface area contributed by atoms with Crippen LogP contribution in [0.25, 0.3) is 0 Å². The highest BCUT2D eigenvalue weighted by Crippen LogP contribution is 2.20. The van der Waals surface area contributed by atoms with E-state index < -0.39 is 0 Å². The van der Waals surface area contributed by atoms with E-state index in [1.165, 1.54) is 12.1 Å². The fourth-order valence-corrected chi connectivity index (χ4v) is 3.47. The zero-order valence-corrected chi connectivity index (χ0v) is 16.9. The first-order valence-electron chi connectivity index (χ1n) is 9.87. The summed E-state index contributed by atoms with van der Waals surface area (Å²) < 4.78 is 27.7. The number of nitrogens with zero attached hydrogens (tertiary/aromatic N) is 4. The summed E-state index contributed by atoms with van der Waals surface area (Å²) in [5, 5.41) is 6.68. The number of halogens is 2. The zero-order chi connectivity index (χ0) is 20.6. The molecule has 0 spiro atoms. The van der Waals surface area contributed by atoms with Gasteiger partial charge in [0.25, 0.3) is 0 Å². The van der Waals surface area contributed by atoms with Crippen molar-refractivity contribution < 1.29 is 8.78 Å². The molecule has 8 heteroatoms. The number of hydrogen-bond acceptors (Lipinski definition) is 4. The Morgan fingerprint density at radius 2 is 2.03 bits per heavy atom. The van der Waals surface area contributed by atoms with Crippen molar-refractivity contribution in [1.29, 1.82) is 0 Å². The summed E-state index contributed by atoms with van der Waals surface area (Å²) in [5.41, 5.74) is 0.600. The molecule has 0 bridgehead atoms. The molecule has 1 aliphatic heterocycles. The van der Waals surface area contributed by atoms with E-state index in [0.29, 0.717) is 30.6 Å². The molecule has 2 N–H and O–H groups in total. The van der Waals surface area contributed by atoms with Crippen LogP contribution in [0.3, 0.4) is 0 Å². The number of benzene rings is 1. The van der Waals surface area contributed by atoms with E-state index in [-0.39, 0.29) is 17.7 Å². The van der Waals surface area contributed by atoms with Crippen LogP contribution in [-0.2, 0) is 0 Å². The minimum absolute atomic E-state index is 0.170. The molecule has 3 rings (SSSR count). The van der Waals surface area contributed by atoms with Crippen LogP contribution in [0.15, 0.2) is 47.6 Å². The summed E-state index contributed by atoms with van der Waals surface area (Å²) in [6.07, 6.45) is 3.33. The van der Waals surface area contributed by atoms with Gasteiger partial charge in [-0.3, -0.25) is 4.99 Å². The molecular weight excluding hydrogens is 374 g/mol. The van der Waals surface area contributed by atoms with Gasteiger partial charge in [-0.1, -0.05) is 12.1 Å². The minimum atomic E-state index is -0.297. The van der Waals surface area contributed by atoms with Crippen LogP contribution in [-0.4, -0.2) is 57.3 Å². The summed E-state index contributed by atoms with van der Waals surface area (Å²) in [6.45, 7) is 2.85. The maximum absolute atomic E-state index is 13.9. The van der Waals surface area contributed by atoms with Crippen LogP contribution in [0.2, 0.25) is 0 Å². The highest BCUT2D eigenvalue weighted by atomic mass is 19.1. The van der Waals surface area contributed by atoms with Crippen LogP contribution in [0.1, 0.15) is 12.8 Å². The molecule has 156 valence electrons. The van der Waals surface area contributed by atoms with Gasteiger partial charge in [0.1, 0.15) is 5.82 Å². The largest absolute Gasteiger partial charge is 0.372 e. The van der Waals surface area contributed by atoms with Gasteiger partial charge in [-0.15, -0.1) is 0 Å². The van der Waals surface area contributed by atoms with Crippen molar-refractivity contribution in [2.24, 2.45) is 4.99 Å². The predicted octanol–water partition coefficient (Wildman–Crippen LogP) is 2.63. The second kappa shape index (κ2) is 10.0. The lowest BCUT2D eigenvalue weighted by Gasteiger charge is -2.21. The molecule has 1 aliphatic rings. The molecule has 1 fully saturated rings. The second-order valence-corrected chi connectivity index (χ2v) is 7.11. The molecule has 0 aliphatic carbocycles. The van der Waals surface area contributed by atoms with Gasteiger partial charge in [-0.25, -0.2) is 13.8 Å². The lowest BCUT2D eigenvalue weighted by molar-refractivity contribution is 0.611. The molecule has 6 nitrogen and oxygen atoms in total. The Hall–Kier alpha value is -2.90. The number of guanidine groups is 1. The summed E-state index contributed by atoms with van der Waals surface area (Å²) in [5.74, 6) is 0.605. The van der Waals surface area contributed by atoms with Crippen molar-refractivity contribution in [3.8, 4) is 0 Å². The van der Waals surface area contributed by atoms with Crippen molar-refractivity contribution >= 4 is 17.5 Å². The number of para-hydroxylation sites is 1. The SMILES string of the molecule is CN=C(NCCCN(C)c1ccccc1F)NC1CCN(c2ncccc2F)C1. The average Bonchev–Trinajstić information content (AvgIpc) is 3.19. The van der Waals surface area contributed by atoms with Crippen molar-refractivity contribution in [2.45, 2.75) is 18.9 Å². The number of aromatic nitrogens is 1. The molecule has 0 amide bonds. The molecule has 2 aromatic rings. The molecular formula is C21H28F2N6. The lowest BCUT2D eigenvalue weighted by atomic mass is 10.2. The average molecular weight is 402 g/mol. The number of anilines is 2. The first kappa shape index (κ1) is 20.8. The molecule has 0 saturated carbocycles. The Labute approximate surface area is 170 Å². The Balaban J connectivity index is 1.41. The smallest absolute Gasteiger partial charge is 0.191 e. The van der Waals surface area contributed by atoms with E-state index in [1.807, 2.05) is 22.9 Å². The Kier molecular flexibility index (Phi) is 7.21. The fourth-order valence-electron chi connectivity index (χ4n) is 3.47. The first-order valence-corrected chi connectivity index (χ1v) is 9.87. The summed E-state index contributed by atoms with van der Waals surface area (Å²) in [4.78, 5) is 12.3. The lowest BCUT2D eigenvalue weighted by Crippen LogP contribution is -2.45. The summed E-state index contributed by atoms with van der Waals surface area (Å²) >= 11 is 0. The number of rotatable bonds is 7. The second-order valence-electron chi connectivity index (χ2n) is 7.11. The van der Waals surface area contributed by atoms with E-state index in [9.17, 15) is 8.78 Å². The van der Waals surface area contributed by atoms with Crippen molar-refractivity contribution in [3.05, 3.63) is 54.2 Å². The molecule has 1 aromatic heterocycles. The molecule has 29 heavy (non-hydrogen) atoms. The van der Waals surface area contributed by atoms with Gasteiger partial charge < -0.3 is 20.4 Å². The van der Waals surface area contributed by atoms with Crippen molar-refractivity contribution in [2.75, 3.05) is 50.1 Å². The van der Waals surface area contributed by atoms with Crippen LogP contribution in [0, 0.1) is 11.6 Å². The third-order valence-electron chi connectivity index (χ3n) is 5.02. The first-order chi connectivity index (χ1) is 14.1. The van der Waals surface area contributed by atoms with E-state index >= 15 is 0 Å². The van der Waals surface area contributed by atoms with Crippen LogP contribution >= 0.6 is 0 Å². The van der Waals surface area contributed by atoms with Gasteiger partial charge >= 0.3 is 0 Å². The summed E-state index contributed by atoms with van der Waals surface area (Å²) in [7, 11) is 3.61. The minimum Gasteiger partial charge on any atom is -0.372 e. The molecule has 1 saturated heterocycles. The van der Waals surface area contributed by atoms with Crippen molar-refractivity contribution in [3.63, 3.8) is 0 Å². The normalized spacial score (nSPS) is 16.8. The third kappa shape index (κ3) is 5.56. The van der Waals surface area contributed by atoms with Crippen LogP contribution < -0.4 is 20.4 Å². The number of aliphatic imine (C=N–C) groups is 1. The van der Waals surface area contributed by atoms with E-state index in [0.717, 1.165) is 25.9 Å². The van der Waals surface area contributed by atoms with Gasteiger partial charge in [-0.05, 0) is 37.1 Å². The Morgan fingerprint density at radius 3 is 2.79 bits per heavy atom. The highest BCUT2D eigenvalue weighted by Gasteiger charge is 2.25. The predicted molar refractivity (Wildman–Crippen MR) is 114 cm³/mol. The van der Waals surface area contributed by atoms with Gasteiger partial charge in [0, 0.05) is 52.5 Å². The van der Waals surface area contributed by atoms with Gasteiger partial charge in [-0.2, -0.15) is 0 Å². The molecule has 1 atom stereocenters. The summed E-state index contributed by atoms with van der Waals surface area (Å²) in [6, 6.07) is 9.97. The Bertz CT molecular complexity index is 828. The zero-order valence-electron chi connectivity index (χ0n) is 16.9. The quantitative estimate of drug-likeness (QED) is 0.424. The maximum atomic E-state index is 13.9. The number of nitrogens with one attached hydrogen (secondary N) is 2. The monoisotopic (exact) mass is 402 g/mol. The molecule has 1 aromatic carbocycles. The third-order valence-corrected chi connectivity index (χ3v) is 5.02. The van der Waals surface area contributed by atoms with E-state index in [1.54, 1.807) is 31.4 Å².